The van der Waals surface area contributed by atoms with Gasteiger partial charge in [-0.2, -0.15) is 0 Å². The van der Waals surface area contributed by atoms with E-state index < -0.39 is 0 Å². The molecule has 0 fully saturated rings. The van der Waals surface area contributed by atoms with Crippen molar-refractivity contribution in [1.29, 1.82) is 0 Å². The summed E-state index contributed by atoms with van der Waals surface area (Å²) in [5.74, 6) is 1.91. The van der Waals surface area contributed by atoms with Gasteiger partial charge in [0.25, 0.3) is 0 Å². The molecule has 0 bridgehead atoms. The van der Waals surface area contributed by atoms with Gasteiger partial charge in [0.2, 0.25) is 5.75 Å². The average Bonchev–Trinajstić information content (AvgIpc) is 2.96. The van der Waals surface area contributed by atoms with Gasteiger partial charge in [-0.25, -0.2) is 0 Å². The van der Waals surface area contributed by atoms with E-state index in [9.17, 15) is 4.79 Å². The molecule has 0 saturated heterocycles. The highest BCUT2D eigenvalue weighted by molar-refractivity contribution is 6.32. The molecule has 2 aromatic rings. The molecule has 25 heavy (non-hydrogen) atoms. The van der Waals surface area contributed by atoms with E-state index in [4.69, 9.17) is 30.5 Å². The van der Waals surface area contributed by atoms with Crippen LogP contribution < -0.4 is 18.9 Å². The van der Waals surface area contributed by atoms with Gasteiger partial charge in [0, 0.05) is 23.5 Å². The van der Waals surface area contributed by atoms with Crippen LogP contribution in [0, 0.1) is 0 Å². The first-order valence-electron chi connectivity index (χ1n) is 7.75. The fraction of sp³-hybridized carbons (Fsp3) is 0.316. The average molecular weight is 363 g/mol. The Morgan fingerprint density at radius 2 is 1.60 bits per heavy atom. The summed E-state index contributed by atoms with van der Waals surface area (Å²) in [5, 5.41) is 0.523. The van der Waals surface area contributed by atoms with E-state index in [-0.39, 0.29) is 11.7 Å². The monoisotopic (exact) mass is 362 g/mol. The van der Waals surface area contributed by atoms with E-state index >= 15 is 0 Å². The molecular weight excluding hydrogens is 344 g/mol. The molecule has 1 aliphatic rings. The van der Waals surface area contributed by atoms with Crippen molar-refractivity contribution in [2.45, 2.75) is 12.3 Å². The summed E-state index contributed by atoms with van der Waals surface area (Å²) in [4.78, 5) is 12.6. The van der Waals surface area contributed by atoms with Gasteiger partial charge in [-0.15, -0.1) is 0 Å². The van der Waals surface area contributed by atoms with E-state index in [0.717, 1.165) is 11.1 Å². The molecule has 1 atom stereocenters. The Morgan fingerprint density at radius 1 is 0.920 bits per heavy atom. The number of halogens is 1. The minimum absolute atomic E-state index is 0.0353. The molecule has 0 heterocycles. The number of carbonyl (C=O) groups is 1. The summed E-state index contributed by atoms with van der Waals surface area (Å²) in [6, 6.07) is 7.23. The minimum atomic E-state index is -0.163. The van der Waals surface area contributed by atoms with Crippen LogP contribution in [0.5, 0.6) is 23.0 Å². The maximum atomic E-state index is 12.6. The van der Waals surface area contributed by atoms with Gasteiger partial charge in [0.15, 0.2) is 17.3 Å². The third-order valence-electron chi connectivity index (χ3n) is 4.48. The largest absolute Gasteiger partial charge is 0.495 e. The lowest BCUT2D eigenvalue weighted by Gasteiger charge is -2.19. The third-order valence-corrected chi connectivity index (χ3v) is 4.80. The fourth-order valence-electron chi connectivity index (χ4n) is 3.33. The molecule has 0 aliphatic heterocycles. The van der Waals surface area contributed by atoms with E-state index in [1.807, 2.05) is 12.1 Å². The highest BCUT2D eigenvalue weighted by Crippen LogP contribution is 2.51. The quantitative estimate of drug-likeness (QED) is 0.801. The number of fused-ring (bicyclic) bond motifs is 1. The van der Waals surface area contributed by atoms with E-state index in [1.165, 1.54) is 7.11 Å². The number of rotatable bonds is 5. The van der Waals surface area contributed by atoms with E-state index in [1.54, 1.807) is 33.5 Å². The summed E-state index contributed by atoms with van der Waals surface area (Å²) in [5.41, 5.74) is 2.32. The van der Waals surface area contributed by atoms with Crippen LogP contribution in [0.3, 0.4) is 0 Å². The van der Waals surface area contributed by atoms with Crippen LogP contribution in [0.1, 0.15) is 33.8 Å². The van der Waals surface area contributed by atoms with Crippen LogP contribution in [0.2, 0.25) is 5.02 Å². The van der Waals surface area contributed by atoms with Crippen molar-refractivity contribution < 1.29 is 23.7 Å². The Balaban J connectivity index is 2.22. The molecule has 0 radical (unpaired) electrons. The second-order valence-corrected chi connectivity index (χ2v) is 6.09. The Hall–Kier alpha value is -2.40. The van der Waals surface area contributed by atoms with E-state index in [2.05, 4.69) is 0 Å². The fourth-order valence-corrected chi connectivity index (χ4v) is 3.52. The number of ether oxygens (including phenoxy) is 4. The molecule has 1 unspecified atom stereocenters. The topological polar surface area (TPSA) is 54.0 Å². The molecule has 0 spiro atoms. The third kappa shape index (κ3) is 2.78. The van der Waals surface area contributed by atoms with Gasteiger partial charge in [-0.1, -0.05) is 17.7 Å². The number of ketones is 1. The van der Waals surface area contributed by atoms with Gasteiger partial charge in [-0.05, 0) is 23.8 Å². The highest BCUT2D eigenvalue weighted by Gasteiger charge is 2.37. The van der Waals surface area contributed by atoms with Crippen molar-refractivity contribution >= 4 is 17.4 Å². The van der Waals surface area contributed by atoms with Crippen molar-refractivity contribution in [2.75, 3.05) is 28.4 Å². The van der Waals surface area contributed by atoms with Gasteiger partial charge < -0.3 is 18.9 Å². The van der Waals surface area contributed by atoms with Gasteiger partial charge >= 0.3 is 0 Å². The molecule has 0 saturated carbocycles. The molecule has 0 N–H and O–H groups in total. The Morgan fingerprint density at radius 3 is 2.20 bits per heavy atom. The summed E-state index contributed by atoms with van der Waals surface area (Å²) in [7, 11) is 6.20. The molecule has 5 nitrogen and oxygen atoms in total. The second kappa shape index (κ2) is 6.84. The van der Waals surface area contributed by atoms with Gasteiger partial charge in [0.05, 0.1) is 33.5 Å². The minimum Gasteiger partial charge on any atom is -0.495 e. The number of methoxy groups -OCH3 is 4. The van der Waals surface area contributed by atoms with Crippen LogP contribution in [-0.2, 0) is 0 Å². The number of carbonyl (C=O) groups excluding carboxylic acids is 1. The predicted molar refractivity (Wildman–Crippen MR) is 94.9 cm³/mol. The van der Waals surface area contributed by atoms with Crippen LogP contribution >= 0.6 is 11.6 Å². The van der Waals surface area contributed by atoms with Crippen molar-refractivity contribution in [3.63, 3.8) is 0 Å². The summed E-state index contributed by atoms with van der Waals surface area (Å²) < 4.78 is 21.7. The van der Waals surface area contributed by atoms with Crippen molar-refractivity contribution in [3.05, 3.63) is 46.0 Å². The maximum absolute atomic E-state index is 12.6. The zero-order valence-electron chi connectivity index (χ0n) is 14.5. The van der Waals surface area contributed by atoms with Crippen LogP contribution in [0.25, 0.3) is 0 Å². The van der Waals surface area contributed by atoms with Crippen LogP contribution in [-0.4, -0.2) is 34.2 Å². The first-order chi connectivity index (χ1) is 12.0. The SMILES string of the molecule is COc1cc(C2CC(=O)c3cc(OC)c(OC)c(OC)c32)ccc1Cl. The zero-order valence-corrected chi connectivity index (χ0v) is 15.3. The molecule has 2 aromatic carbocycles. The standard InChI is InChI=1S/C19H19ClO5/c1-22-15-7-10(5-6-13(15)20)11-8-14(21)12-9-16(23-2)18(24-3)19(25-4)17(11)12/h5-7,9,11H,8H2,1-4H3. The summed E-state index contributed by atoms with van der Waals surface area (Å²) in [6.07, 6.45) is 0.340. The lowest BCUT2D eigenvalue weighted by molar-refractivity contribution is 0.0991. The molecule has 3 rings (SSSR count). The molecule has 0 amide bonds. The highest BCUT2D eigenvalue weighted by atomic mass is 35.5. The van der Waals surface area contributed by atoms with Crippen molar-refractivity contribution in [3.8, 4) is 23.0 Å². The van der Waals surface area contributed by atoms with Crippen molar-refractivity contribution in [1.82, 2.24) is 0 Å². The molecule has 6 heteroatoms. The van der Waals surface area contributed by atoms with Crippen LogP contribution in [0.4, 0.5) is 0 Å². The second-order valence-electron chi connectivity index (χ2n) is 5.68. The van der Waals surface area contributed by atoms with E-state index in [0.29, 0.717) is 40.0 Å². The van der Waals surface area contributed by atoms with Gasteiger partial charge in [-0.3, -0.25) is 4.79 Å². The maximum Gasteiger partial charge on any atom is 0.203 e. The molecule has 0 aromatic heterocycles. The Labute approximate surface area is 151 Å². The van der Waals surface area contributed by atoms with Gasteiger partial charge in [0.1, 0.15) is 5.75 Å². The lowest BCUT2D eigenvalue weighted by Crippen LogP contribution is -2.03. The smallest absolute Gasteiger partial charge is 0.203 e. The normalized spacial score (nSPS) is 15.7. The zero-order chi connectivity index (χ0) is 18.1. The number of benzene rings is 2. The number of hydrogen-bond donors (Lipinski definition) is 0. The molecule has 132 valence electrons. The Kier molecular flexibility index (Phi) is 4.77. The first kappa shape index (κ1) is 17.4. The predicted octanol–water partition coefficient (Wildman–Crippen LogP) is 4.09. The number of hydrogen-bond acceptors (Lipinski definition) is 5. The first-order valence-corrected chi connectivity index (χ1v) is 8.13. The van der Waals surface area contributed by atoms with Crippen molar-refractivity contribution in [2.24, 2.45) is 0 Å². The van der Waals surface area contributed by atoms with Crippen LogP contribution in [0.15, 0.2) is 24.3 Å². The molecular formula is C19H19ClO5. The molecule has 1 aliphatic carbocycles. The lowest BCUT2D eigenvalue weighted by atomic mass is 9.91. The summed E-state index contributed by atoms with van der Waals surface area (Å²) in [6.45, 7) is 0. The Bertz CT molecular complexity index is 831. The number of Topliss-reactive ketones (excluding diaryl/α,β-unsaturated/α-hetero) is 1. The summed E-state index contributed by atoms with van der Waals surface area (Å²) >= 11 is 6.12.